The van der Waals surface area contributed by atoms with Gasteiger partial charge in [0, 0.05) is 31.7 Å². The average molecular weight is 529 g/mol. The van der Waals surface area contributed by atoms with E-state index in [-0.39, 0.29) is 42.0 Å². The van der Waals surface area contributed by atoms with Crippen molar-refractivity contribution >= 4 is 25.3 Å². The van der Waals surface area contributed by atoms with Crippen LogP contribution in [0.5, 0.6) is 0 Å². The van der Waals surface area contributed by atoms with Gasteiger partial charge in [-0.3, -0.25) is 23.8 Å². The zero-order valence-corrected chi connectivity index (χ0v) is 23.6. The molecular formula is C27H49N2O6P. The van der Waals surface area contributed by atoms with Gasteiger partial charge in [-0.2, -0.15) is 0 Å². The molecule has 1 heterocycles. The smallest absolute Gasteiger partial charge is 0.348 e. The molecule has 1 atom stereocenters. The van der Waals surface area contributed by atoms with Crippen molar-refractivity contribution in [1.29, 1.82) is 0 Å². The van der Waals surface area contributed by atoms with E-state index in [0.29, 0.717) is 13.0 Å². The van der Waals surface area contributed by atoms with E-state index in [1.54, 1.807) is 6.08 Å². The summed E-state index contributed by atoms with van der Waals surface area (Å²) >= 11 is 0. The highest BCUT2D eigenvalue weighted by Crippen LogP contribution is 2.36. The van der Waals surface area contributed by atoms with Gasteiger partial charge in [0.15, 0.2) is 0 Å². The number of rotatable bonds is 19. The molecule has 0 radical (unpaired) electrons. The van der Waals surface area contributed by atoms with Crippen LogP contribution in [0.25, 0.3) is 0 Å². The maximum Gasteiger partial charge on any atom is 0.348 e. The SMILES string of the molecule is CC(C)(C)C1CC(=O)N(CCNC(=O)CCCCCCCCCCCCCC/C=C/P(=O)(O)O)C1=O. The first-order valence-corrected chi connectivity index (χ1v) is 15.4. The van der Waals surface area contributed by atoms with Gasteiger partial charge < -0.3 is 15.1 Å². The molecule has 1 saturated heterocycles. The van der Waals surface area contributed by atoms with Gasteiger partial charge in [0.2, 0.25) is 17.7 Å². The van der Waals surface area contributed by atoms with Gasteiger partial charge >= 0.3 is 7.60 Å². The largest absolute Gasteiger partial charge is 0.354 e. The van der Waals surface area contributed by atoms with Crippen LogP contribution in [0, 0.1) is 11.3 Å². The van der Waals surface area contributed by atoms with Crippen molar-refractivity contribution in [1.82, 2.24) is 10.2 Å². The second kappa shape index (κ2) is 17.1. The Kier molecular flexibility index (Phi) is 15.4. The molecule has 1 aliphatic heterocycles. The molecule has 36 heavy (non-hydrogen) atoms. The van der Waals surface area contributed by atoms with Crippen molar-refractivity contribution in [3.8, 4) is 0 Å². The molecule has 1 rings (SSSR count). The summed E-state index contributed by atoms with van der Waals surface area (Å²) in [4.78, 5) is 55.4. The summed E-state index contributed by atoms with van der Waals surface area (Å²) < 4.78 is 10.7. The Morgan fingerprint density at radius 3 is 1.92 bits per heavy atom. The number of hydrogen-bond donors (Lipinski definition) is 3. The number of unbranched alkanes of at least 4 members (excludes halogenated alkanes) is 12. The van der Waals surface area contributed by atoms with Crippen molar-refractivity contribution in [3.05, 3.63) is 11.9 Å². The number of nitrogens with one attached hydrogen (secondary N) is 1. The molecule has 9 heteroatoms. The molecule has 0 aromatic heterocycles. The number of likely N-dealkylation sites (tertiary alicyclic amines) is 1. The van der Waals surface area contributed by atoms with E-state index in [1.807, 2.05) is 20.8 Å². The number of allylic oxidation sites excluding steroid dienone is 1. The monoisotopic (exact) mass is 528 g/mol. The minimum Gasteiger partial charge on any atom is -0.354 e. The van der Waals surface area contributed by atoms with Crippen LogP contribution in [0.3, 0.4) is 0 Å². The lowest BCUT2D eigenvalue weighted by Gasteiger charge is -2.24. The van der Waals surface area contributed by atoms with Crippen LogP contribution in [-0.4, -0.2) is 45.5 Å². The summed E-state index contributed by atoms with van der Waals surface area (Å²) in [7, 11) is -3.99. The topological polar surface area (TPSA) is 124 Å². The lowest BCUT2D eigenvalue weighted by molar-refractivity contribution is -0.140. The van der Waals surface area contributed by atoms with E-state index in [4.69, 9.17) is 9.79 Å². The Labute approximate surface area is 217 Å². The lowest BCUT2D eigenvalue weighted by Crippen LogP contribution is -2.39. The molecular weight excluding hydrogens is 479 g/mol. The maximum atomic E-state index is 12.5. The second-order valence-electron chi connectivity index (χ2n) is 11.1. The Morgan fingerprint density at radius 2 is 1.44 bits per heavy atom. The van der Waals surface area contributed by atoms with Gasteiger partial charge in [0.1, 0.15) is 0 Å². The highest BCUT2D eigenvalue weighted by Gasteiger charge is 2.44. The Morgan fingerprint density at radius 1 is 0.944 bits per heavy atom. The van der Waals surface area contributed by atoms with E-state index >= 15 is 0 Å². The molecule has 0 aromatic rings. The van der Waals surface area contributed by atoms with Gasteiger partial charge in [0.25, 0.3) is 0 Å². The van der Waals surface area contributed by atoms with Gasteiger partial charge in [-0.05, 0) is 24.7 Å². The molecule has 0 bridgehead atoms. The number of amides is 3. The van der Waals surface area contributed by atoms with Gasteiger partial charge in [-0.15, -0.1) is 0 Å². The predicted molar refractivity (Wildman–Crippen MR) is 143 cm³/mol. The third-order valence-electron chi connectivity index (χ3n) is 6.77. The molecule has 1 aliphatic rings. The van der Waals surface area contributed by atoms with Crippen LogP contribution in [0.4, 0.5) is 0 Å². The number of carbonyl (C=O) groups excluding carboxylic acids is 3. The zero-order valence-electron chi connectivity index (χ0n) is 22.7. The zero-order chi connectivity index (χ0) is 27.0. The number of carbonyl (C=O) groups is 3. The molecule has 1 unspecified atom stereocenters. The Bertz CT molecular complexity index is 756. The molecule has 0 aliphatic carbocycles. The van der Waals surface area contributed by atoms with Crippen LogP contribution < -0.4 is 5.32 Å². The summed E-state index contributed by atoms with van der Waals surface area (Å²) in [5.74, 6) is 0.451. The van der Waals surface area contributed by atoms with Crippen LogP contribution in [0.1, 0.15) is 117 Å². The molecule has 1 fully saturated rings. The quantitative estimate of drug-likeness (QED) is 0.113. The van der Waals surface area contributed by atoms with Gasteiger partial charge in [0.05, 0.1) is 5.92 Å². The fraction of sp³-hybridized carbons (Fsp3) is 0.815. The molecule has 0 spiro atoms. The minimum absolute atomic E-state index is 0.0146. The second-order valence-corrected chi connectivity index (χ2v) is 12.6. The van der Waals surface area contributed by atoms with Crippen LogP contribution in [0.15, 0.2) is 11.9 Å². The normalized spacial score (nSPS) is 16.9. The summed E-state index contributed by atoms with van der Waals surface area (Å²) in [5, 5.41) is 2.84. The van der Waals surface area contributed by atoms with E-state index < -0.39 is 7.60 Å². The lowest BCUT2D eigenvalue weighted by atomic mass is 9.80. The third-order valence-corrected chi connectivity index (χ3v) is 7.37. The van der Waals surface area contributed by atoms with Crippen LogP contribution in [-0.2, 0) is 18.9 Å². The summed E-state index contributed by atoms with van der Waals surface area (Å²) in [6.07, 6.45) is 16.7. The predicted octanol–water partition coefficient (Wildman–Crippen LogP) is 5.68. The van der Waals surface area contributed by atoms with Crippen molar-refractivity contribution in [2.24, 2.45) is 11.3 Å². The highest BCUT2D eigenvalue weighted by molar-refractivity contribution is 7.55. The van der Waals surface area contributed by atoms with E-state index in [0.717, 1.165) is 44.3 Å². The molecule has 0 aromatic carbocycles. The first-order chi connectivity index (χ1) is 16.9. The minimum atomic E-state index is -3.99. The first-order valence-electron chi connectivity index (χ1n) is 13.8. The molecule has 0 saturated carbocycles. The van der Waals surface area contributed by atoms with E-state index in [1.165, 1.54) is 49.8 Å². The standard InChI is InChI=1S/C27H49N2O6P/c1-27(2,3)23-22-25(31)29(26(23)32)20-19-28-24(30)18-16-14-12-10-8-6-4-5-7-9-11-13-15-17-21-36(33,34)35/h17,21,23H,4-16,18-20,22H2,1-3H3,(H,28,30)(H2,33,34,35)/b21-17+. The van der Waals surface area contributed by atoms with Crippen molar-refractivity contribution in [3.63, 3.8) is 0 Å². The maximum absolute atomic E-state index is 12.5. The third kappa shape index (κ3) is 14.9. The molecule has 8 nitrogen and oxygen atoms in total. The van der Waals surface area contributed by atoms with E-state index in [9.17, 15) is 18.9 Å². The van der Waals surface area contributed by atoms with Gasteiger partial charge in [-0.25, -0.2) is 0 Å². The van der Waals surface area contributed by atoms with Crippen molar-refractivity contribution < 1.29 is 28.7 Å². The summed E-state index contributed by atoms with van der Waals surface area (Å²) in [5.41, 5.74) is -0.232. The van der Waals surface area contributed by atoms with Crippen LogP contribution >= 0.6 is 7.60 Å². The first kappa shape index (κ1) is 32.5. The highest BCUT2D eigenvalue weighted by atomic mass is 31.2. The van der Waals surface area contributed by atoms with Crippen molar-refractivity contribution in [2.45, 2.75) is 117 Å². The van der Waals surface area contributed by atoms with Crippen LogP contribution in [0.2, 0.25) is 0 Å². The van der Waals surface area contributed by atoms with Gasteiger partial charge in [-0.1, -0.05) is 91.1 Å². The van der Waals surface area contributed by atoms with Crippen molar-refractivity contribution in [2.75, 3.05) is 13.1 Å². The Hall–Kier alpha value is -1.50. The fourth-order valence-corrected chi connectivity index (χ4v) is 4.94. The summed E-state index contributed by atoms with van der Waals surface area (Å²) in [6.45, 7) is 6.50. The molecule has 3 amide bonds. The number of imide groups is 1. The molecule has 3 N–H and O–H groups in total. The van der Waals surface area contributed by atoms with E-state index in [2.05, 4.69) is 5.32 Å². The summed E-state index contributed by atoms with van der Waals surface area (Å²) in [6, 6.07) is 0. The fourth-order valence-electron chi connectivity index (χ4n) is 4.52. The average Bonchev–Trinajstić information content (AvgIpc) is 3.06. The number of nitrogens with zero attached hydrogens (tertiary/aromatic N) is 1. The number of hydrogen-bond acceptors (Lipinski definition) is 4. The molecule has 208 valence electrons. The Balaban J connectivity index is 1.91.